The number of hydrogen-bond acceptors (Lipinski definition) is 2. The van der Waals surface area contributed by atoms with Crippen LogP contribution in [0.3, 0.4) is 0 Å². The largest absolute Gasteiger partial charge is 0.309 e. The number of fused-ring (bicyclic) bond motifs is 8. The first kappa shape index (κ1) is 53.8. The van der Waals surface area contributed by atoms with E-state index in [1.54, 1.807) is 0 Å². The Labute approximate surface area is 548 Å². The smallest absolute Gasteiger partial charge is 0.0618 e. The van der Waals surface area contributed by atoms with Crippen LogP contribution in [0.1, 0.15) is 99.9 Å². The molecule has 20 rings (SSSR count). The van der Waals surface area contributed by atoms with Crippen molar-refractivity contribution in [3.05, 3.63) is 311 Å². The Kier molecular flexibility index (Phi) is 10.6. The zero-order valence-corrected chi connectivity index (χ0v) is 54.3. The first-order chi connectivity index (χ1) is 45.8. The molecule has 0 N–H and O–H groups in total. The van der Waals surface area contributed by atoms with E-state index >= 15 is 0 Å². The summed E-state index contributed by atoms with van der Waals surface area (Å²) in [6.07, 6.45) is 0. The second-order valence-electron chi connectivity index (χ2n) is 29.3. The van der Waals surface area contributed by atoms with Gasteiger partial charge in [0.05, 0.1) is 11.4 Å². The van der Waals surface area contributed by atoms with Crippen LogP contribution in [-0.4, -0.2) is 0 Å². The summed E-state index contributed by atoms with van der Waals surface area (Å²) >= 11 is 0. The first-order valence-electron chi connectivity index (χ1n) is 33.7. The molecule has 0 fully saturated rings. The third kappa shape index (κ3) is 6.61. The van der Waals surface area contributed by atoms with Crippen LogP contribution in [0, 0.1) is 0 Å². The molecule has 0 aromatic heterocycles. The van der Waals surface area contributed by atoms with Crippen LogP contribution in [0.15, 0.2) is 267 Å². The molecule has 0 heterocycles. The summed E-state index contributed by atoms with van der Waals surface area (Å²) in [5.41, 5.74) is 24.9. The predicted molar refractivity (Wildman–Crippen MR) is 401 cm³/mol. The van der Waals surface area contributed by atoms with E-state index in [4.69, 9.17) is 0 Å². The maximum absolute atomic E-state index is 2.56. The molecule has 0 spiro atoms. The molecule has 4 aliphatic carbocycles. The molecule has 4 aliphatic rings. The zero-order valence-electron chi connectivity index (χ0n) is 54.3. The summed E-state index contributed by atoms with van der Waals surface area (Å²) in [5, 5.41) is 21.1. The molecule has 0 unspecified atom stereocenters. The van der Waals surface area contributed by atoms with Crippen molar-refractivity contribution in [2.75, 3.05) is 9.80 Å². The maximum atomic E-state index is 2.56. The second-order valence-corrected chi connectivity index (χ2v) is 29.3. The average molecular weight is 1200 g/mol. The Morgan fingerprint density at radius 1 is 0.181 bits per heavy atom. The highest BCUT2D eigenvalue weighted by Crippen LogP contribution is 2.67. The van der Waals surface area contributed by atoms with Crippen LogP contribution in [-0.2, 0) is 21.7 Å². The number of hydrogen-bond donors (Lipinski definition) is 0. The van der Waals surface area contributed by atoms with Gasteiger partial charge in [0.1, 0.15) is 0 Å². The topological polar surface area (TPSA) is 6.48 Å². The Hall–Kier alpha value is -10.8. The Bertz CT molecular complexity index is 5620. The van der Waals surface area contributed by atoms with Crippen LogP contribution in [0.25, 0.3) is 120 Å². The molecule has 94 heavy (non-hydrogen) atoms. The van der Waals surface area contributed by atoms with Crippen molar-refractivity contribution in [1.82, 2.24) is 0 Å². The molecule has 2 nitrogen and oxygen atoms in total. The Balaban J connectivity index is 0.938. The molecule has 0 radical (unpaired) electrons. The van der Waals surface area contributed by atoms with Crippen LogP contribution in [0.5, 0.6) is 0 Å². The molecular weight excluding hydrogens is 1130 g/mol. The lowest BCUT2D eigenvalue weighted by molar-refractivity contribution is 0.633. The lowest BCUT2D eigenvalue weighted by atomic mass is 9.58. The minimum absolute atomic E-state index is 0.380. The van der Waals surface area contributed by atoms with Crippen molar-refractivity contribution in [2.24, 2.45) is 0 Å². The molecule has 16 aromatic rings. The van der Waals surface area contributed by atoms with Gasteiger partial charge in [0, 0.05) is 66.0 Å². The van der Waals surface area contributed by atoms with Gasteiger partial charge in [-0.1, -0.05) is 274 Å². The van der Waals surface area contributed by atoms with Crippen LogP contribution >= 0.6 is 0 Å². The fourth-order valence-electron chi connectivity index (χ4n) is 19.4. The number of benzene rings is 16. The fraction of sp³-hybridized carbons (Fsp3) is 0.130. The molecule has 0 atom stereocenters. The minimum atomic E-state index is -0.389. The first-order valence-corrected chi connectivity index (χ1v) is 33.7. The van der Waals surface area contributed by atoms with E-state index in [9.17, 15) is 0 Å². The van der Waals surface area contributed by atoms with Gasteiger partial charge in [0.2, 0.25) is 0 Å². The zero-order chi connectivity index (χ0) is 63.1. The molecule has 446 valence electrons. The summed E-state index contributed by atoms with van der Waals surface area (Å²) in [6, 6.07) is 102. The van der Waals surface area contributed by atoms with Gasteiger partial charge in [-0.3, -0.25) is 0 Å². The number of rotatable bonds is 7. The van der Waals surface area contributed by atoms with Gasteiger partial charge in [0.25, 0.3) is 0 Å². The number of para-hydroxylation sites is 4. The van der Waals surface area contributed by atoms with Gasteiger partial charge in [-0.25, -0.2) is 0 Å². The van der Waals surface area contributed by atoms with E-state index in [0.29, 0.717) is 0 Å². The van der Waals surface area contributed by atoms with E-state index in [1.165, 1.54) is 175 Å². The Morgan fingerprint density at radius 3 is 0.670 bits per heavy atom. The molecular formula is C92H68N2. The average Bonchev–Trinajstić information content (AvgIpc) is 0.664. The maximum Gasteiger partial charge on any atom is 0.0618 e. The highest BCUT2D eigenvalue weighted by molar-refractivity contribution is 6.34. The molecule has 0 amide bonds. The third-order valence-electron chi connectivity index (χ3n) is 23.2. The minimum Gasteiger partial charge on any atom is -0.309 e. The number of nitrogens with zero attached hydrogens (tertiary/aromatic N) is 2. The lowest BCUT2D eigenvalue weighted by Gasteiger charge is -2.45. The summed E-state index contributed by atoms with van der Waals surface area (Å²) in [4.78, 5) is 5.04. The van der Waals surface area contributed by atoms with Crippen LogP contribution in [0.4, 0.5) is 34.1 Å². The van der Waals surface area contributed by atoms with Crippen molar-refractivity contribution in [3.63, 3.8) is 0 Å². The molecule has 0 saturated carbocycles. The summed E-state index contributed by atoms with van der Waals surface area (Å²) in [6.45, 7) is 20.1. The van der Waals surface area contributed by atoms with Crippen molar-refractivity contribution < 1.29 is 0 Å². The summed E-state index contributed by atoms with van der Waals surface area (Å²) in [5.74, 6) is 0. The van der Waals surface area contributed by atoms with Crippen molar-refractivity contribution in [2.45, 2.75) is 77.0 Å². The van der Waals surface area contributed by atoms with Gasteiger partial charge >= 0.3 is 0 Å². The van der Waals surface area contributed by atoms with Crippen molar-refractivity contribution in [3.8, 4) is 33.4 Å². The predicted octanol–water partition coefficient (Wildman–Crippen LogP) is 25.4. The van der Waals surface area contributed by atoms with E-state index in [2.05, 4.69) is 332 Å². The van der Waals surface area contributed by atoms with Gasteiger partial charge < -0.3 is 9.80 Å². The van der Waals surface area contributed by atoms with E-state index < -0.39 is 0 Å². The fourth-order valence-corrected chi connectivity index (χ4v) is 19.4. The van der Waals surface area contributed by atoms with E-state index in [1.807, 2.05) is 0 Å². The van der Waals surface area contributed by atoms with Crippen molar-refractivity contribution >= 4 is 120 Å². The molecule has 0 aliphatic heterocycles. The van der Waals surface area contributed by atoms with Crippen molar-refractivity contribution in [1.29, 1.82) is 0 Å². The lowest BCUT2D eigenvalue weighted by Crippen LogP contribution is -2.31. The Morgan fingerprint density at radius 2 is 0.394 bits per heavy atom. The quantitative estimate of drug-likeness (QED) is 0.147. The van der Waals surface area contributed by atoms with E-state index in [-0.39, 0.29) is 21.7 Å². The molecule has 0 saturated heterocycles. The van der Waals surface area contributed by atoms with Crippen LogP contribution < -0.4 is 9.80 Å². The second kappa shape index (κ2) is 18.5. The summed E-state index contributed by atoms with van der Waals surface area (Å²) in [7, 11) is 0. The van der Waals surface area contributed by atoms with E-state index in [0.717, 1.165) is 22.7 Å². The molecule has 16 aromatic carbocycles. The standard InChI is InChI=1S/C92H68N2/c1-89(2)71-51-47-67-77-81(71)79-69(91(5,6)85(77)61-41-25-27-43-63(61)87(67)93(53-29-13-9-14-30-53)54-31-15-10-16-32-54)49-45-65-73(57-37-21-23-39-59(57)83(89)75(65)79)74-58-38-22-24-40-60(58)84-76-66(74)46-50-70-80(76)82-72(90(84,3)4)52-48-68-78(82)86(92(70,7)8)62-42-26-28-44-64(62)88(68)94(55-33-17-11-18-34-55)56-35-19-12-20-36-56/h9-52H,1-8H3. The van der Waals surface area contributed by atoms with Gasteiger partial charge in [-0.2, -0.15) is 0 Å². The highest BCUT2D eigenvalue weighted by atomic mass is 15.2. The van der Waals surface area contributed by atoms with Crippen LogP contribution in [0.2, 0.25) is 0 Å². The highest BCUT2D eigenvalue weighted by Gasteiger charge is 2.48. The summed E-state index contributed by atoms with van der Waals surface area (Å²) < 4.78 is 0. The molecule has 0 bridgehead atoms. The number of anilines is 6. The SMILES string of the molecule is CC1(C)c2ccc3c(N(c4ccccc4)c4ccccc4)c4ccccc4c4c3c2-c2c(ccc3c(-c5c6ccccc6c6c7c8c(ccc57)C(C)(C)c5c7ccccc7c(N(c7ccccc7)c7ccccc7)c7ccc(c-8c57)C6(C)C)c5ccccc5c1c23)C4(C)C. The molecule has 2 heteroatoms. The van der Waals surface area contributed by atoms with Gasteiger partial charge in [-0.15, -0.1) is 0 Å². The normalized spacial score (nSPS) is 15.4. The monoisotopic (exact) mass is 1200 g/mol. The third-order valence-corrected chi connectivity index (χ3v) is 23.2. The van der Waals surface area contributed by atoms with Gasteiger partial charge in [-0.05, 0) is 191 Å². The van der Waals surface area contributed by atoms with Gasteiger partial charge in [0.15, 0.2) is 0 Å².